The van der Waals surface area contributed by atoms with Crippen LogP contribution >= 0.6 is 11.8 Å². The van der Waals surface area contributed by atoms with Gasteiger partial charge in [0.2, 0.25) is 0 Å². The molecule has 1 aromatic carbocycles. The van der Waals surface area contributed by atoms with E-state index >= 15 is 0 Å². The fourth-order valence-electron chi connectivity index (χ4n) is 2.70. The lowest BCUT2D eigenvalue weighted by atomic mass is 10.1. The molecule has 6 nitrogen and oxygen atoms in total. The third-order valence-electron chi connectivity index (χ3n) is 4.18. The number of aromatic amines is 1. The van der Waals surface area contributed by atoms with E-state index in [0.717, 1.165) is 12.8 Å². The molecule has 1 unspecified atom stereocenters. The average Bonchev–Trinajstić information content (AvgIpc) is 3.37. The standard InChI is InChI=1S/C17H18FN3O3S/c1-9(11-4-2-3-5-12(11)18)25-8-13(22)14-15(19)21(10-6-7-10)17(24)20-16(14)23/h2-5,9-10H,6-8,19H2,1H3,(H,20,23,24). The molecule has 1 aromatic heterocycles. The van der Waals surface area contributed by atoms with Gasteiger partial charge in [0.05, 0.1) is 5.75 Å². The largest absolute Gasteiger partial charge is 0.384 e. The van der Waals surface area contributed by atoms with Crippen molar-refractivity contribution in [2.75, 3.05) is 11.5 Å². The minimum Gasteiger partial charge on any atom is -0.384 e. The molecule has 0 radical (unpaired) electrons. The summed E-state index contributed by atoms with van der Waals surface area (Å²) >= 11 is 1.21. The van der Waals surface area contributed by atoms with Crippen molar-refractivity contribution in [2.24, 2.45) is 0 Å². The number of nitrogens with zero attached hydrogens (tertiary/aromatic N) is 1. The number of aromatic nitrogens is 2. The quantitative estimate of drug-likeness (QED) is 0.767. The Kier molecular flexibility index (Phi) is 4.80. The van der Waals surface area contributed by atoms with Gasteiger partial charge in [0.15, 0.2) is 5.78 Å². The van der Waals surface area contributed by atoms with E-state index in [4.69, 9.17) is 5.73 Å². The van der Waals surface area contributed by atoms with Gasteiger partial charge < -0.3 is 5.73 Å². The first-order chi connectivity index (χ1) is 11.9. The Balaban J connectivity index is 1.80. The Morgan fingerprint density at radius 2 is 2.08 bits per heavy atom. The molecule has 1 aliphatic rings. The van der Waals surface area contributed by atoms with E-state index in [1.807, 2.05) is 0 Å². The third kappa shape index (κ3) is 3.53. The molecule has 132 valence electrons. The number of carbonyl (C=O) groups is 1. The fraction of sp³-hybridized carbons (Fsp3) is 0.353. The average molecular weight is 363 g/mol. The first-order valence-corrected chi connectivity index (χ1v) is 8.98. The number of Topliss-reactive ketones (excluding diaryl/α,β-unsaturated/α-hetero) is 1. The molecular formula is C17H18FN3O3S. The van der Waals surface area contributed by atoms with Crippen LogP contribution in [0.4, 0.5) is 10.2 Å². The summed E-state index contributed by atoms with van der Waals surface area (Å²) in [6.07, 6.45) is 1.59. The van der Waals surface area contributed by atoms with E-state index in [1.54, 1.807) is 25.1 Å². The predicted octanol–water partition coefficient (Wildman–Crippen LogP) is 2.27. The molecule has 0 aliphatic heterocycles. The van der Waals surface area contributed by atoms with Crippen LogP contribution in [-0.4, -0.2) is 21.1 Å². The second-order valence-electron chi connectivity index (χ2n) is 6.02. The summed E-state index contributed by atoms with van der Waals surface area (Å²) < 4.78 is 15.1. The van der Waals surface area contributed by atoms with Gasteiger partial charge in [-0.2, -0.15) is 0 Å². The van der Waals surface area contributed by atoms with Crippen molar-refractivity contribution in [3.8, 4) is 0 Å². The Morgan fingerprint density at radius 1 is 1.40 bits per heavy atom. The molecule has 0 amide bonds. The molecule has 1 fully saturated rings. The van der Waals surface area contributed by atoms with E-state index in [-0.39, 0.29) is 34.2 Å². The molecule has 25 heavy (non-hydrogen) atoms. The van der Waals surface area contributed by atoms with E-state index in [0.29, 0.717) is 5.56 Å². The van der Waals surface area contributed by atoms with Crippen molar-refractivity contribution >= 4 is 23.4 Å². The number of nitrogens with two attached hydrogens (primary N) is 1. The zero-order chi connectivity index (χ0) is 18.1. The number of H-pyrrole nitrogens is 1. The number of nitrogens with one attached hydrogen (secondary N) is 1. The molecule has 8 heteroatoms. The first kappa shape index (κ1) is 17.5. The van der Waals surface area contributed by atoms with E-state index in [2.05, 4.69) is 4.98 Å². The van der Waals surface area contributed by atoms with Crippen molar-refractivity contribution in [1.29, 1.82) is 0 Å². The lowest BCUT2D eigenvalue weighted by Crippen LogP contribution is -2.36. The van der Waals surface area contributed by atoms with Crippen LogP contribution in [-0.2, 0) is 0 Å². The van der Waals surface area contributed by atoms with Crippen LogP contribution in [0.3, 0.4) is 0 Å². The fourth-order valence-corrected chi connectivity index (χ4v) is 3.61. The molecule has 2 aromatic rings. The number of halogens is 1. The number of hydrogen-bond acceptors (Lipinski definition) is 5. The zero-order valence-electron chi connectivity index (χ0n) is 13.6. The Hall–Kier alpha value is -2.35. The van der Waals surface area contributed by atoms with Crippen LogP contribution in [0.2, 0.25) is 0 Å². The number of benzene rings is 1. The maximum atomic E-state index is 13.8. The second-order valence-corrected chi connectivity index (χ2v) is 7.35. The zero-order valence-corrected chi connectivity index (χ0v) is 14.4. The molecule has 3 N–H and O–H groups in total. The van der Waals surface area contributed by atoms with Crippen molar-refractivity contribution < 1.29 is 9.18 Å². The molecular weight excluding hydrogens is 345 g/mol. The summed E-state index contributed by atoms with van der Waals surface area (Å²) in [5.41, 5.74) is 4.85. The maximum Gasteiger partial charge on any atom is 0.330 e. The highest BCUT2D eigenvalue weighted by molar-refractivity contribution is 8.00. The lowest BCUT2D eigenvalue weighted by molar-refractivity contribution is 0.102. The van der Waals surface area contributed by atoms with Crippen LogP contribution in [0.15, 0.2) is 33.9 Å². The second kappa shape index (κ2) is 6.87. The van der Waals surface area contributed by atoms with Gasteiger partial charge in [0, 0.05) is 16.9 Å². The minimum absolute atomic E-state index is 0.0361. The highest BCUT2D eigenvalue weighted by Gasteiger charge is 2.30. The van der Waals surface area contributed by atoms with Crippen LogP contribution in [0, 0.1) is 5.82 Å². The third-order valence-corrected chi connectivity index (χ3v) is 5.36. The molecule has 0 bridgehead atoms. The summed E-state index contributed by atoms with van der Waals surface area (Å²) in [7, 11) is 0. The van der Waals surface area contributed by atoms with Crippen LogP contribution in [0.25, 0.3) is 0 Å². The highest BCUT2D eigenvalue weighted by atomic mass is 32.2. The van der Waals surface area contributed by atoms with Gasteiger partial charge in [-0.3, -0.25) is 19.1 Å². The number of hydrogen-bond donors (Lipinski definition) is 2. The predicted molar refractivity (Wildman–Crippen MR) is 95.6 cm³/mol. The van der Waals surface area contributed by atoms with Gasteiger partial charge >= 0.3 is 5.69 Å². The van der Waals surface area contributed by atoms with Crippen LogP contribution in [0.1, 0.15) is 47.0 Å². The molecule has 0 saturated heterocycles. The number of ketones is 1. The number of rotatable bonds is 6. The molecule has 1 saturated carbocycles. The van der Waals surface area contributed by atoms with Crippen LogP contribution in [0.5, 0.6) is 0 Å². The SMILES string of the molecule is CC(SCC(=O)c1c(N)n(C2CC2)c(=O)[nH]c1=O)c1ccccc1F. The van der Waals surface area contributed by atoms with Gasteiger partial charge in [-0.25, -0.2) is 9.18 Å². The van der Waals surface area contributed by atoms with E-state index in [1.165, 1.54) is 22.4 Å². The Labute approximate surface area is 147 Å². The van der Waals surface area contributed by atoms with E-state index in [9.17, 15) is 18.8 Å². The Bertz CT molecular complexity index is 933. The van der Waals surface area contributed by atoms with Crippen molar-refractivity contribution in [1.82, 2.24) is 9.55 Å². The summed E-state index contributed by atoms with van der Waals surface area (Å²) in [6.45, 7) is 1.79. The smallest absolute Gasteiger partial charge is 0.330 e. The normalized spacial score (nSPS) is 15.1. The molecule has 0 spiro atoms. The first-order valence-electron chi connectivity index (χ1n) is 7.93. The minimum atomic E-state index is -0.774. The van der Waals surface area contributed by atoms with Gasteiger partial charge in [-0.1, -0.05) is 18.2 Å². The monoisotopic (exact) mass is 363 g/mol. The summed E-state index contributed by atoms with van der Waals surface area (Å²) in [6, 6.07) is 6.30. The van der Waals surface area contributed by atoms with Gasteiger partial charge in [0.1, 0.15) is 17.2 Å². The summed E-state index contributed by atoms with van der Waals surface area (Å²) in [4.78, 5) is 38.5. The van der Waals surface area contributed by atoms with Crippen molar-refractivity contribution in [2.45, 2.75) is 31.1 Å². The topological polar surface area (TPSA) is 97.9 Å². The molecule has 1 heterocycles. The van der Waals surface area contributed by atoms with Gasteiger partial charge in [0.25, 0.3) is 5.56 Å². The molecule has 3 rings (SSSR count). The summed E-state index contributed by atoms with van der Waals surface area (Å²) in [5.74, 6) is -0.928. The van der Waals surface area contributed by atoms with Crippen molar-refractivity contribution in [3.63, 3.8) is 0 Å². The van der Waals surface area contributed by atoms with Crippen molar-refractivity contribution in [3.05, 3.63) is 62.0 Å². The van der Waals surface area contributed by atoms with Gasteiger partial charge in [-0.15, -0.1) is 11.8 Å². The number of anilines is 1. The van der Waals surface area contributed by atoms with Crippen LogP contribution < -0.4 is 17.0 Å². The van der Waals surface area contributed by atoms with Gasteiger partial charge in [-0.05, 0) is 25.8 Å². The maximum absolute atomic E-state index is 13.8. The number of carbonyl (C=O) groups excluding carboxylic acids is 1. The Morgan fingerprint density at radius 3 is 2.72 bits per heavy atom. The number of nitrogen functional groups attached to an aromatic ring is 1. The summed E-state index contributed by atoms with van der Waals surface area (Å²) in [5, 5.41) is -0.264. The molecule has 1 atom stereocenters. The highest BCUT2D eigenvalue weighted by Crippen LogP contribution is 2.35. The van der Waals surface area contributed by atoms with E-state index < -0.39 is 17.0 Å². The lowest BCUT2D eigenvalue weighted by Gasteiger charge is -2.13. The molecule has 1 aliphatic carbocycles. The number of thioether (sulfide) groups is 1.